The van der Waals surface area contributed by atoms with Crippen molar-refractivity contribution in [2.24, 2.45) is 11.8 Å². The van der Waals surface area contributed by atoms with Gasteiger partial charge >= 0.3 is 6.09 Å². The molecule has 0 radical (unpaired) electrons. The van der Waals surface area contributed by atoms with Crippen LogP contribution < -0.4 is 10.2 Å². The highest BCUT2D eigenvalue weighted by molar-refractivity contribution is 6.74. The topological polar surface area (TPSA) is 83.9 Å². The molecule has 2 aliphatic rings. The number of aromatic nitrogens is 1. The van der Waals surface area contributed by atoms with Gasteiger partial charge in [0, 0.05) is 32.3 Å². The van der Waals surface area contributed by atoms with Gasteiger partial charge in [0.15, 0.2) is 8.32 Å². The van der Waals surface area contributed by atoms with Crippen LogP contribution in [0, 0.1) is 11.8 Å². The number of piperidine rings is 1. The number of hydrogen-bond donors (Lipinski definition) is 2. The third kappa shape index (κ3) is 7.17. The van der Waals surface area contributed by atoms with E-state index >= 15 is 0 Å². The summed E-state index contributed by atoms with van der Waals surface area (Å²) >= 11 is 0. The normalized spacial score (nSPS) is 22.5. The Hall–Kier alpha value is -1.64. The number of carbonyl (C=O) groups is 1. The minimum Gasteiger partial charge on any atom is -0.444 e. The molecule has 3 rings (SSSR count). The molecule has 33 heavy (non-hydrogen) atoms. The Balaban J connectivity index is 1.63. The highest BCUT2D eigenvalue weighted by atomic mass is 28.4. The Morgan fingerprint density at radius 3 is 2.36 bits per heavy atom. The number of nitrogens with one attached hydrogen (secondary N) is 1. The molecule has 0 spiro atoms. The fourth-order valence-electron chi connectivity index (χ4n) is 4.03. The first-order valence-electron chi connectivity index (χ1n) is 12.2. The number of pyridine rings is 1. The second-order valence-corrected chi connectivity index (χ2v) is 17.0. The van der Waals surface area contributed by atoms with E-state index in [2.05, 4.69) is 49.1 Å². The molecule has 2 N–H and O–H groups in total. The maximum absolute atomic E-state index is 12.2. The average Bonchev–Trinajstić information content (AvgIpc) is 3.29. The summed E-state index contributed by atoms with van der Waals surface area (Å²) in [6, 6.07) is 3.97. The molecule has 8 heteroatoms. The molecule has 4 atom stereocenters. The zero-order valence-electron chi connectivity index (χ0n) is 21.6. The van der Waals surface area contributed by atoms with Crippen LogP contribution in [0.2, 0.25) is 18.1 Å². The molecule has 0 bridgehead atoms. The van der Waals surface area contributed by atoms with Gasteiger partial charge in [0.2, 0.25) is 0 Å². The third-order valence-electron chi connectivity index (χ3n) is 7.08. The van der Waals surface area contributed by atoms with Crippen molar-refractivity contribution in [2.75, 3.05) is 24.5 Å². The highest BCUT2D eigenvalue weighted by Gasteiger charge is 2.45. The largest absolute Gasteiger partial charge is 0.444 e. The molecule has 2 heterocycles. The maximum atomic E-state index is 12.2. The zero-order chi connectivity index (χ0) is 24.6. The van der Waals surface area contributed by atoms with Crippen LogP contribution in [0.1, 0.15) is 66.1 Å². The van der Waals surface area contributed by atoms with E-state index in [4.69, 9.17) is 9.16 Å². The lowest BCUT2D eigenvalue weighted by Crippen LogP contribution is -2.47. The first kappa shape index (κ1) is 26.0. The zero-order valence-corrected chi connectivity index (χ0v) is 22.6. The Labute approximate surface area is 200 Å². The summed E-state index contributed by atoms with van der Waals surface area (Å²) < 4.78 is 12.0. The Kier molecular flexibility index (Phi) is 7.51. The Morgan fingerprint density at radius 2 is 1.85 bits per heavy atom. The molecule has 1 aromatic heterocycles. The second-order valence-electron chi connectivity index (χ2n) is 12.2. The number of alkyl carbamates (subject to hydrolysis) is 1. The van der Waals surface area contributed by atoms with Gasteiger partial charge in [0.05, 0.1) is 12.2 Å². The van der Waals surface area contributed by atoms with Crippen LogP contribution in [0.25, 0.3) is 0 Å². The van der Waals surface area contributed by atoms with Gasteiger partial charge < -0.3 is 24.5 Å². The monoisotopic (exact) mass is 477 g/mol. The lowest BCUT2D eigenvalue weighted by molar-refractivity contribution is 0.0453. The summed E-state index contributed by atoms with van der Waals surface area (Å²) in [5.41, 5.74) is 0.201. The van der Waals surface area contributed by atoms with Gasteiger partial charge in [-0.15, -0.1) is 0 Å². The summed E-state index contributed by atoms with van der Waals surface area (Å²) in [5.74, 6) is 2.68. The van der Waals surface area contributed by atoms with Crippen molar-refractivity contribution in [3.63, 3.8) is 0 Å². The fourth-order valence-corrected chi connectivity index (χ4v) is 5.40. The Morgan fingerprint density at radius 1 is 1.21 bits per heavy atom. The molecular formula is C25H43N3O4Si. The van der Waals surface area contributed by atoms with Crippen molar-refractivity contribution < 1.29 is 19.1 Å². The van der Waals surface area contributed by atoms with Crippen LogP contribution in [0.3, 0.4) is 0 Å². The van der Waals surface area contributed by atoms with Crippen LogP contribution in [0.5, 0.6) is 0 Å². The number of carbonyl (C=O) groups excluding carboxylic acids is 1. The lowest BCUT2D eigenvalue weighted by Gasteiger charge is -2.39. The first-order chi connectivity index (χ1) is 15.1. The summed E-state index contributed by atoms with van der Waals surface area (Å²) in [5, 5.41) is 13.8. The Bertz CT molecular complexity index is 806. The minimum absolute atomic E-state index is 0.0156. The molecule has 1 saturated carbocycles. The predicted octanol–water partition coefficient (Wildman–Crippen LogP) is 4.88. The molecule has 1 aliphatic carbocycles. The molecule has 1 saturated heterocycles. The molecule has 0 aromatic carbocycles. The van der Waals surface area contributed by atoms with Crippen molar-refractivity contribution in [1.82, 2.24) is 10.3 Å². The van der Waals surface area contributed by atoms with Crippen LogP contribution >= 0.6 is 0 Å². The summed E-state index contributed by atoms with van der Waals surface area (Å²) in [7, 11) is -2.11. The number of ether oxygens (including phenoxy) is 1. The van der Waals surface area contributed by atoms with Crippen LogP contribution in [-0.4, -0.2) is 55.8 Å². The number of amides is 1. The van der Waals surface area contributed by atoms with E-state index in [1.807, 2.05) is 32.9 Å². The van der Waals surface area contributed by atoms with Crippen molar-refractivity contribution in [3.05, 3.63) is 23.9 Å². The minimum atomic E-state index is -2.11. The first-order valence-corrected chi connectivity index (χ1v) is 15.1. The number of anilines is 1. The van der Waals surface area contributed by atoms with Gasteiger partial charge in [-0.2, -0.15) is 0 Å². The molecule has 1 aromatic rings. The van der Waals surface area contributed by atoms with Gasteiger partial charge in [-0.3, -0.25) is 0 Å². The van der Waals surface area contributed by atoms with E-state index in [1.165, 1.54) is 6.42 Å². The number of aliphatic hydroxyl groups excluding tert-OH is 1. The van der Waals surface area contributed by atoms with E-state index in [9.17, 15) is 9.90 Å². The van der Waals surface area contributed by atoms with Gasteiger partial charge in [-0.05, 0) is 68.8 Å². The van der Waals surface area contributed by atoms with Crippen molar-refractivity contribution in [2.45, 2.75) is 90.3 Å². The number of fused-ring (bicyclic) bond motifs is 1. The van der Waals surface area contributed by atoms with Crippen molar-refractivity contribution >= 4 is 20.2 Å². The van der Waals surface area contributed by atoms with E-state index < -0.39 is 26.1 Å². The van der Waals surface area contributed by atoms with Gasteiger partial charge in [-0.25, -0.2) is 9.78 Å². The van der Waals surface area contributed by atoms with E-state index in [1.54, 1.807) is 6.20 Å². The number of rotatable bonds is 8. The predicted molar refractivity (Wildman–Crippen MR) is 134 cm³/mol. The molecule has 7 nitrogen and oxygen atoms in total. The van der Waals surface area contributed by atoms with Crippen molar-refractivity contribution in [1.29, 1.82) is 0 Å². The molecule has 1 amide bonds. The lowest BCUT2D eigenvalue weighted by atomic mass is 10.1. The quantitative estimate of drug-likeness (QED) is 0.519. The van der Waals surface area contributed by atoms with Crippen LogP contribution in [0.15, 0.2) is 18.3 Å². The molecule has 186 valence electrons. The number of aliphatic hydroxyl groups is 1. The van der Waals surface area contributed by atoms with E-state index in [-0.39, 0.29) is 17.7 Å². The second kappa shape index (κ2) is 9.54. The van der Waals surface area contributed by atoms with Crippen molar-refractivity contribution in [3.8, 4) is 0 Å². The maximum Gasteiger partial charge on any atom is 0.407 e. The number of hydrogen-bond acceptors (Lipinski definition) is 6. The van der Waals surface area contributed by atoms with E-state index in [0.717, 1.165) is 36.3 Å². The molecular weight excluding hydrogens is 434 g/mol. The molecule has 2 fully saturated rings. The average molecular weight is 478 g/mol. The standard InChI is InChI=1S/C25H43N3O4Si/c1-24(2,3)31-23(30)27-14-20(32-33(7,8)25(4,5)6)12-21(29)17-9-10-22(26-13-17)28-15-18-11-19(18)16-28/h9-10,13,18-21,29H,11-12,14-16H2,1-8H3,(H,27,30). The van der Waals surface area contributed by atoms with Crippen LogP contribution in [-0.2, 0) is 9.16 Å². The van der Waals surface area contributed by atoms with E-state index in [0.29, 0.717) is 6.42 Å². The highest BCUT2D eigenvalue weighted by Crippen LogP contribution is 2.46. The van der Waals surface area contributed by atoms with Gasteiger partial charge in [0.25, 0.3) is 0 Å². The van der Waals surface area contributed by atoms with Gasteiger partial charge in [0.1, 0.15) is 11.4 Å². The SMILES string of the molecule is CC(C)(C)OC(=O)NCC(CC(O)c1ccc(N2CC3CC3C2)nc1)O[Si](C)(C)C(C)(C)C. The summed E-state index contributed by atoms with van der Waals surface area (Å²) in [6.07, 6.45) is 1.97. The third-order valence-corrected chi connectivity index (χ3v) is 11.6. The molecule has 4 unspecified atom stereocenters. The fraction of sp³-hybridized carbons (Fsp3) is 0.760. The number of nitrogens with zero attached hydrogens (tertiary/aromatic N) is 2. The smallest absolute Gasteiger partial charge is 0.407 e. The summed E-state index contributed by atoms with van der Waals surface area (Å²) in [6.45, 7) is 18.9. The van der Waals surface area contributed by atoms with Gasteiger partial charge in [-0.1, -0.05) is 26.8 Å². The summed E-state index contributed by atoms with van der Waals surface area (Å²) in [4.78, 5) is 19.2. The van der Waals surface area contributed by atoms with Crippen LogP contribution in [0.4, 0.5) is 10.6 Å². The molecule has 1 aliphatic heterocycles.